The molecule has 104 valence electrons. The minimum Gasteiger partial charge on any atom is -0.455 e. The Balaban J connectivity index is 2.08. The molecule has 1 aromatic rings. The first kappa shape index (κ1) is 13.8. The number of nitrogens with one attached hydrogen (secondary N) is 2. The molecule has 0 saturated carbocycles. The van der Waals surface area contributed by atoms with Crippen molar-refractivity contribution in [2.45, 2.75) is 32.6 Å². The second-order valence-electron chi connectivity index (χ2n) is 4.84. The third kappa shape index (κ3) is 2.87. The van der Waals surface area contributed by atoms with E-state index < -0.39 is 0 Å². The number of carbonyl (C=O) groups is 2. The van der Waals surface area contributed by atoms with Gasteiger partial charge in [0.15, 0.2) is 11.5 Å². The first-order valence-corrected chi connectivity index (χ1v) is 6.73. The number of hydrogen-bond acceptors (Lipinski definition) is 4. The molecule has 5 nitrogen and oxygen atoms in total. The zero-order valence-electron chi connectivity index (χ0n) is 11.5. The van der Waals surface area contributed by atoms with Crippen LogP contribution in [0.1, 0.15) is 51.5 Å². The smallest absolute Gasteiger partial charge is 0.287 e. The van der Waals surface area contributed by atoms with Gasteiger partial charge in [0.1, 0.15) is 5.76 Å². The molecular formula is C14H20N2O3. The summed E-state index contributed by atoms with van der Waals surface area (Å²) in [4.78, 5) is 23.9. The molecule has 0 aliphatic heterocycles. The summed E-state index contributed by atoms with van der Waals surface area (Å²) in [5.41, 5.74) is 1.32. The zero-order valence-corrected chi connectivity index (χ0v) is 11.5. The molecule has 1 heterocycles. The van der Waals surface area contributed by atoms with Crippen LogP contribution in [0.3, 0.4) is 0 Å². The molecule has 2 N–H and O–H groups in total. The SMILES string of the molecule is CNCCCNC(=O)c1oc2c(c1C)C(=O)CCC2. The minimum atomic E-state index is -0.226. The molecule has 0 atom stereocenters. The van der Waals surface area contributed by atoms with Gasteiger partial charge in [0.05, 0.1) is 5.56 Å². The van der Waals surface area contributed by atoms with Crippen molar-refractivity contribution in [3.63, 3.8) is 0 Å². The number of furan rings is 1. The lowest BCUT2D eigenvalue weighted by molar-refractivity contribution is 0.0919. The molecular weight excluding hydrogens is 244 g/mol. The number of fused-ring (bicyclic) bond motifs is 1. The predicted octanol–water partition coefficient (Wildman–Crippen LogP) is 1.45. The van der Waals surface area contributed by atoms with Gasteiger partial charge in [0, 0.05) is 24.9 Å². The van der Waals surface area contributed by atoms with Crippen LogP contribution in [-0.4, -0.2) is 31.8 Å². The Morgan fingerprint density at radius 2 is 2.11 bits per heavy atom. The predicted molar refractivity (Wildman–Crippen MR) is 71.6 cm³/mol. The maximum absolute atomic E-state index is 12.0. The van der Waals surface area contributed by atoms with Gasteiger partial charge in [-0.15, -0.1) is 0 Å². The summed E-state index contributed by atoms with van der Waals surface area (Å²) in [7, 11) is 1.87. The van der Waals surface area contributed by atoms with Gasteiger partial charge < -0.3 is 15.1 Å². The third-order valence-electron chi connectivity index (χ3n) is 3.40. The van der Waals surface area contributed by atoms with Crippen LogP contribution in [0, 0.1) is 6.92 Å². The maximum atomic E-state index is 12.0. The Labute approximate surface area is 112 Å². The lowest BCUT2D eigenvalue weighted by atomic mass is 9.94. The highest BCUT2D eigenvalue weighted by Gasteiger charge is 2.28. The molecule has 1 aliphatic rings. The molecule has 0 saturated heterocycles. The van der Waals surface area contributed by atoms with Crippen molar-refractivity contribution in [1.82, 2.24) is 10.6 Å². The van der Waals surface area contributed by atoms with E-state index in [0.29, 0.717) is 35.6 Å². The molecule has 19 heavy (non-hydrogen) atoms. The lowest BCUT2D eigenvalue weighted by Crippen LogP contribution is -2.26. The molecule has 1 aromatic heterocycles. The van der Waals surface area contributed by atoms with Gasteiger partial charge in [-0.05, 0) is 33.4 Å². The molecule has 0 spiro atoms. The van der Waals surface area contributed by atoms with E-state index in [1.807, 2.05) is 7.05 Å². The number of rotatable bonds is 5. The fourth-order valence-corrected chi connectivity index (χ4v) is 2.41. The summed E-state index contributed by atoms with van der Waals surface area (Å²) >= 11 is 0. The van der Waals surface area contributed by atoms with E-state index in [9.17, 15) is 9.59 Å². The van der Waals surface area contributed by atoms with Gasteiger partial charge >= 0.3 is 0 Å². The number of hydrogen-bond donors (Lipinski definition) is 2. The number of amides is 1. The standard InChI is InChI=1S/C14H20N2O3/c1-9-12-10(17)5-3-6-11(12)19-13(9)14(18)16-8-4-7-15-2/h15H,3-8H2,1-2H3,(H,16,18). The number of Topliss-reactive ketones (excluding diaryl/α,β-unsaturated/α-hetero) is 1. The fraction of sp³-hybridized carbons (Fsp3) is 0.571. The first-order valence-electron chi connectivity index (χ1n) is 6.73. The highest BCUT2D eigenvalue weighted by Crippen LogP contribution is 2.29. The summed E-state index contributed by atoms with van der Waals surface area (Å²) < 4.78 is 5.58. The normalized spacial score (nSPS) is 14.3. The molecule has 0 unspecified atom stereocenters. The summed E-state index contributed by atoms with van der Waals surface area (Å²) in [6.45, 7) is 3.24. The molecule has 1 amide bonds. The van der Waals surface area contributed by atoms with Crippen molar-refractivity contribution in [2.75, 3.05) is 20.1 Å². The van der Waals surface area contributed by atoms with E-state index in [1.54, 1.807) is 6.92 Å². The van der Waals surface area contributed by atoms with E-state index in [0.717, 1.165) is 25.8 Å². The number of carbonyl (C=O) groups excluding carboxylic acids is 2. The third-order valence-corrected chi connectivity index (χ3v) is 3.40. The molecule has 5 heteroatoms. The van der Waals surface area contributed by atoms with Crippen LogP contribution in [0.4, 0.5) is 0 Å². The Kier molecular flexibility index (Phi) is 4.37. The quantitative estimate of drug-likeness (QED) is 0.790. The Bertz CT molecular complexity index is 491. The van der Waals surface area contributed by atoms with Crippen molar-refractivity contribution >= 4 is 11.7 Å². The molecule has 0 aromatic carbocycles. The van der Waals surface area contributed by atoms with Gasteiger partial charge in [-0.1, -0.05) is 0 Å². The molecule has 2 rings (SSSR count). The minimum absolute atomic E-state index is 0.0942. The van der Waals surface area contributed by atoms with Crippen molar-refractivity contribution in [1.29, 1.82) is 0 Å². The van der Waals surface area contributed by atoms with E-state index in [-0.39, 0.29) is 11.7 Å². The summed E-state index contributed by atoms with van der Waals surface area (Å²) in [5, 5.41) is 5.83. The van der Waals surface area contributed by atoms with Crippen LogP contribution < -0.4 is 10.6 Å². The number of aryl methyl sites for hydroxylation is 1. The van der Waals surface area contributed by atoms with Gasteiger partial charge in [-0.25, -0.2) is 0 Å². The van der Waals surface area contributed by atoms with E-state index >= 15 is 0 Å². The fourth-order valence-electron chi connectivity index (χ4n) is 2.41. The zero-order chi connectivity index (χ0) is 13.8. The Hall–Kier alpha value is -1.62. The van der Waals surface area contributed by atoms with Crippen molar-refractivity contribution in [3.8, 4) is 0 Å². The Morgan fingerprint density at radius 1 is 1.32 bits per heavy atom. The number of ketones is 1. The summed E-state index contributed by atoms with van der Waals surface area (Å²) in [6.07, 6.45) is 2.97. The lowest BCUT2D eigenvalue weighted by Gasteiger charge is -2.07. The van der Waals surface area contributed by atoms with E-state index in [4.69, 9.17) is 4.42 Å². The molecule has 0 radical (unpaired) electrons. The topological polar surface area (TPSA) is 71.3 Å². The van der Waals surface area contributed by atoms with Crippen LogP contribution in [0.15, 0.2) is 4.42 Å². The maximum Gasteiger partial charge on any atom is 0.287 e. The average molecular weight is 264 g/mol. The van der Waals surface area contributed by atoms with E-state index in [2.05, 4.69) is 10.6 Å². The second kappa shape index (κ2) is 6.02. The Morgan fingerprint density at radius 3 is 2.79 bits per heavy atom. The average Bonchev–Trinajstić information content (AvgIpc) is 2.73. The van der Waals surface area contributed by atoms with Gasteiger partial charge in [0.25, 0.3) is 5.91 Å². The van der Waals surface area contributed by atoms with Crippen LogP contribution in [0.2, 0.25) is 0 Å². The van der Waals surface area contributed by atoms with Crippen molar-refractivity contribution in [3.05, 3.63) is 22.6 Å². The van der Waals surface area contributed by atoms with Gasteiger partial charge in [-0.2, -0.15) is 0 Å². The highest BCUT2D eigenvalue weighted by molar-refractivity contribution is 6.03. The first-order chi connectivity index (χ1) is 9.15. The molecule has 1 aliphatic carbocycles. The van der Waals surface area contributed by atoms with Gasteiger partial charge in [-0.3, -0.25) is 9.59 Å². The van der Waals surface area contributed by atoms with Crippen LogP contribution >= 0.6 is 0 Å². The largest absolute Gasteiger partial charge is 0.455 e. The summed E-state index contributed by atoms with van der Waals surface area (Å²) in [5.74, 6) is 0.839. The van der Waals surface area contributed by atoms with E-state index in [1.165, 1.54) is 0 Å². The van der Waals surface area contributed by atoms with Crippen molar-refractivity contribution in [2.24, 2.45) is 0 Å². The van der Waals surface area contributed by atoms with Crippen LogP contribution in [0.25, 0.3) is 0 Å². The molecule has 0 bridgehead atoms. The van der Waals surface area contributed by atoms with Crippen molar-refractivity contribution < 1.29 is 14.0 Å². The monoisotopic (exact) mass is 264 g/mol. The van der Waals surface area contributed by atoms with Gasteiger partial charge in [0.2, 0.25) is 0 Å². The van der Waals surface area contributed by atoms with Crippen LogP contribution in [0.5, 0.6) is 0 Å². The highest BCUT2D eigenvalue weighted by atomic mass is 16.4. The van der Waals surface area contributed by atoms with Crippen LogP contribution in [-0.2, 0) is 6.42 Å². The second-order valence-corrected chi connectivity index (χ2v) is 4.84. The molecule has 0 fully saturated rings. The summed E-state index contributed by atoms with van der Waals surface area (Å²) in [6, 6.07) is 0.